The average molecular weight is 566 g/mol. The maximum absolute atomic E-state index is 12.3. The molecule has 4 saturated heterocycles. The van der Waals surface area contributed by atoms with Crippen LogP contribution in [0, 0.1) is 40.9 Å². The Labute approximate surface area is 235 Å². The van der Waals surface area contributed by atoms with E-state index >= 15 is 0 Å². The Kier molecular flexibility index (Phi) is 5.18. The SMILES string of the molecule is C[C@H]1CC[C@@H]2N(C1)C[C@@H]1[C@H]([C@@H](O)[C@@H]3OC(C)(C)O[C@]34[C@H]1C[C@@]13O[C@@]5(O)[C@@H]([C@@H](O)[C@@H](O)[C@@H]41)[C@]3(C)CC[C@@H]5O)[C@]2(C)O. The number of aliphatic hydroxyl groups excluding tert-OH is 4. The van der Waals surface area contributed by atoms with E-state index in [1.54, 1.807) is 0 Å². The molecule has 2 spiro atoms. The molecule has 0 aromatic carbocycles. The van der Waals surface area contributed by atoms with Crippen LogP contribution in [0.1, 0.15) is 66.7 Å². The highest BCUT2D eigenvalue weighted by Gasteiger charge is 2.90. The molecule has 40 heavy (non-hydrogen) atoms. The lowest BCUT2D eigenvalue weighted by molar-refractivity contribution is -0.288. The Morgan fingerprint density at radius 3 is 2.25 bits per heavy atom. The second-order valence-electron chi connectivity index (χ2n) is 15.9. The Hall–Kier alpha value is -0.400. The van der Waals surface area contributed by atoms with Crippen LogP contribution in [0.2, 0.25) is 0 Å². The lowest BCUT2D eigenvalue weighted by atomic mass is 9.48. The van der Waals surface area contributed by atoms with Crippen molar-refractivity contribution in [2.24, 2.45) is 40.9 Å². The van der Waals surface area contributed by atoms with Gasteiger partial charge in [-0.15, -0.1) is 0 Å². The van der Waals surface area contributed by atoms with Crippen LogP contribution in [-0.4, -0.2) is 114 Å². The van der Waals surface area contributed by atoms with Gasteiger partial charge < -0.3 is 44.8 Å². The molecule has 0 amide bonds. The molecule has 10 heteroatoms. The third-order valence-corrected chi connectivity index (χ3v) is 13.6. The molecule has 4 bridgehead atoms. The number of hydrogen-bond donors (Lipinski definition) is 6. The second-order valence-corrected chi connectivity index (χ2v) is 15.9. The Balaban J connectivity index is 1.34. The van der Waals surface area contributed by atoms with E-state index in [1.165, 1.54) is 0 Å². The fraction of sp³-hybridized carbons (Fsp3) is 1.00. The standard InChI is InChI=1S/C30H47NO9/c1-13-6-7-16-27(5,36)18-14(12-31(16)11-13)15-10-28-23(29(15)24(19(18)33)38-25(2,3)39-29)21(35)20(34)22-26(28,4)9-8-17(32)30(22,37)40-28/h13-24,32-37H,6-12H2,1-5H3/t13-,14-,15-,16-,17-,18+,19+,20-,21+,22-,23+,24-,26-,27+,28+,29-,30+/m0/s1. The van der Waals surface area contributed by atoms with Gasteiger partial charge in [0.1, 0.15) is 17.8 Å². The van der Waals surface area contributed by atoms with E-state index in [1.807, 2.05) is 27.7 Å². The highest BCUT2D eigenvalue weighted by molar-refractivity contribution is 5.36. The van der Waals surface area contributed by atoms with Crippen LogP contribution in [0.5, 0.6) is 0 Å². The summed E-state index contributed by atoms with van der Waals surface area (Å²) < 4.78 is 20.2. The van der Waals surface area contributed by atoms with E-state index < -0.39 is 82.1 Å². The van der Waals surface area contributed by atoms with Crippen LogP contribution in [0.15, 0.2) is 0 Å². The fourth-order valence-electron chi connectivity index (χ4n) is 12.5. The molecular formula is C30H47NO9. The first-order chi connectivity index (χ1) is 18.6. The molecule has 17 atom stereocenters. The van der Waals surface area contributed by atoms with Gasteiger partial charge in [-0.05, 0) is 70.6 Å². The summed E-state index contributed by atoms with van der Waals surface area (Å²) in [7, 11) is 0. The molecule has 8 fully saturated rings. The molecule has 4 aliphatic heterocycles. The third kappa shape index (κ3) is 2.74. The van der Waals surface area contributed by atoms with Crippen molar-refractivity contribution in [1.82, 2.24) is 4.90 Å². The van der Waals surface area contributed by atoms with Crippen molar-refractivity contribution in [3.63, 3.8) is 0 Å². The number of aliphatic hydroxyl groups is 6. The first kappa shape index (κ1) is 27.2. The van der Waals surface area contributed by atoms with Crippen molar-refractivity contribution >= 4 is 0 Å². The molecule has 10 nitrogen and oxygen atoms in total. The van der Waals surface area contributed by atoms with E-state index in [9.17, 15) is 30.6 Å². The number of nitrogens with zero attached hydrogens (tertiary/aromatic N) is 1. The molecule has 0 unspecified atom stereocenters. The fourth-order valence-corrected chi connectivity index (χ4v) is 12.5. The minimum Gasteiger partial charge on any atom is -0.390 e. The minimum atomic E-state index is -2.00. The predicted molar refractivity (Wildman–Crippen MR) is 139 cm³/mol. The Morgan fingerprint density at radius 1 is 0.825 bits per heavy atom. The van der Waals surface area contributed by atoms with Gasteiger partial charge in [0.2, 0.25) is 0 Å². The number of piperidine rings is 2. The molecule has 8 rings (SSSR count). The number of hydrogen-bond acceptors (Lipinski definition) is 10. The number of rotatable bonds is 0. The van der Waals surface area contributed by atoms with E-state index in [0.717, 1.165) is 19.4 Å². The van der Waals surface area contributed by atoms with Crippen LogP contribution in [0.4, 0.5) is 0 Å². The zero-order valence-corrected chi connectivity index (χ0v) is 24.2. The van der Waals surface area contributed by atoms with Crippen molar-refractivity contribution in [2.45, 2.75) is 132 Å². The minimum absolute atomic E-state index is 0.0728. The van der Waals surface area contributed by atoms with Crippen LogP contribution in [0.25, 0.3) is 0 Å². The van der Waals surface area contributed by atoms with Gasteiger partial charge in [-0.1, -0.05) is 13.8 Å². The summed E-state index contributed by atoms with van der Waals surface area (Å²) in [4.78, 5) is 2.39. The van der Waals surface area contributed by atoms with E-state index in [-0.39, 0.29) is 17.9 Å². The van der Waals surface area contributed by atoms with Gasteiger partial charge in [0.25, 0.3) is 0 Å². The molecule has 0 aromatic rings. The molecule has 4 heterocycles. The maximum atomic E-state index is 12.3. The van der Waals surface area contributed by atoms with Gasteiger partial charge in [-0.3, -0.25) is 4.90 Å². The maximum Gasteiger partial charge on any atom is 0.198 e. The van der Waals surface area contributed by atoms with Gasteiger partial charge in [0, 0.05) is 36.4 Å². The van der Waals surface area contributed by atoms with Crippen LogP contribution in [-0.2, 0) is 14.2 Å². The smallest absolute Gasteiger partial charge is 0.198 e. The first-order valence-electron chi connectivity index (χ1n) is 15.5. The van der Waals surface area contributed by atoms with E-state index in [4.69, 9.17) is 14.2 Å². The third-order valence-electron chi connectivity index (χ3n) is 13.6. The van der Waals surface area contributed by atoms with Crippen molar-refractivity contribution in [1.29, 1.82) is 0 Å². The topological polar surface area (TPSA) is 152 Å². The van der Waals surface area contributed by atoms with Crippen LogP contribution in [0.3, 0.4) is 0 Å². The second kappa shape index (κ2) is 7.62. The van der Waals surface area contributed by atoms with Crippen molar-refractivity contribution < 1.29 is 44.8 Å². The lowest BCUT2D eigenvalue weighted by Gasteiger charge is -2.63. The zero-order chi connectivity index (χ0) is 28.6. The molecule has 6 N–H and O–H groups in total. The van der Waals surface area contributed by atoms with Crippen molar-refractivity contribution in [3.05, 3.63) is 0 Å². The quantitative estimate of drug-likeness (QED) is 0.236. The predicted octanol–water partition coefficient (Wildman–Crippen LogP) is -0.0450. The lowest BCUT2D eigenvalue weighted by Crippen LogP contribution is -2.76. The summed E-state index contributed by atoms with van der Waals surface area (Å²) in [6.45, 7) is 11.3. The van der Waals surface area contributed by atoms with Gasteiger partial charge >= 0.3 is 0 Å². The highest BCUT2D eigenvalue weighted by atomic mass is 16.8. The summed E-state index contributed by atoms with van der Waals surface area (Å²) >= 11 is 0. The van der Waals surface area contributed by atoms with E-state index in [0.29, 0.717) is 31.7 Å². The highest BCUT2D eigenvalue weighted by Crippen LogP contribution is 2.78. The van der Waals surface area contributed by atoms with Crippen molar-refractivity contribution in [3.8, 4) is 0 Å². The molecular weight excluding hydrogens is 518 g/mol. The largest absolute Gasteiger partial charge is 0.390 e. The van der Waals surface area contributed by atoms with Gasteiger partial charge in [0.15, 0.2) is 11.6 Å². The molecule has 0 radical (unpaired) electrons. The summed E-state index contributed by atoms with van der Waals surface area (Å²) in [5.41, 5.74) is -4.28. The average Bonchev–Trinajstić information content (AvgIpc) is 3.33. The summed E-state index contributed by atoms with van der Waals surface area (Å²) in [6, 6.07) is -0.0728. The summed E-state index contributed by atoms with van der Waals surface area (Å²) in [5, 5.41) is 71.0. The number of ether oxygens (including phenoxy) is 3. The normalized spacial score (nSPS) is 67.0. The first-order valence-corrected chi connectivity index (χ1v) is 15.5. The Bertz CT molecular complexity index is 1120. The molecule has 4 aliphatic carbocycles. The molecule has 226 valence electrons. The summed E-state index contributed by atoms with van der Waals surface area (Å²) in [5.74, 6) is -5.26. The van der Waals surface area contributed by atoms with Crippen LogP contribution < -0.4 is 0 Å². The summed E-state index contributed by atoms with van der Waals surface area (Å²) in [6.07, 6.45) is -2.68. The van der Waals surface area contributed by atoms with Gasteiger partial charge in [0.05, 0.1) is 35.4 Å². The molecule has 0 aromatic heterocycles. The monoisotopic (exact) mass is 565 g/mol. The van der Waals surface area contributed by atoms with E-state index in [2.05, 4.69) is 11.8 Å². The van der Waals surface area contributed by atoms with Crippen molar-refractivity contribution in [2.75, 3.05) is 13.1 Å². The van der Waals surface area contributed by atoms with Gasteiger partial charge in [-0.2, -0.15) is 0 Å². The zero-order valence-electron chi connectivity index (χ0n) is 24.2. The van der Waals surface area contributed by atoms with Gasteiger partial charge in [-0.25, -0.2) is 0 Å². The molecule has 4 saturated carbocycles. The van der Waals surface area contributed by atoms with Crippen LogP contribution >= 0.6 is 0 Å². The Morgan fingerprint density at radius 2 is 1.52 bits per heavy atom. The number of fused-ring (bicyclic) bond motifs is 3. The molecule has 8 aliphatic rings.